The number of alkyl halides is 3. The van der Waals surface area contributed by atoms with Crippen LogP contribution in [0.15, 0.2) is 23.1 Å². The summed E-state index contributed by atoms with van der Waals surface area (Å²) in [6.45, 7) is -1.08. The minimum absolute atomic E-state index is 0.233. The van der Waals surface area contributed by atoms with E-state index in [1.54, 1.807) is 0 Å². The summed E-state index contributed by atoms with van der Waals surface area (Å²) in [4.78, 5) is -0.548. The zero-order chi connectivity index (χ0) is 14.0. The van der Waals surface area contributed by atoms with Crippen LogP contribution in [0.3, 0.4) is 0 Å². The van der Waals surface area contributed by atoms with Gasteiger partial charge in [-0.05, 0) is 18.2 Å². The van der Waals surface area contributed by atoms with Crippen LogP contribution in [0.2, 0.25) is 0 Å². The summed E-state index contributed by atoms with van der Waals surface area (Å²) in [7, 11) is -4.13. The molecule has 0 saturated heterocycles. The van der Waals surface area contributed by atoms with Crippen molar-refractivity contribution >= 4 is 15.5 Å². The maximum Gasteiger partial charge on any atom is 0.522 e. The lowest BCUT2D eigenvalue weighted by molar-refractivity contribution is -0.322. The minimum Gasteiger partial charge on any atom is -0.398 e. The molecule has 0 aliphatic carbocycles. The van der Waals surface area contributed by atoms with E-state index in [1.807, 2.05) is 0 Å². The van der Waals surface area contributed by atoms with Crippen molar-refractivity contribution in [3.05, 3.63) is 24.0 Å². The monoisotopic (exact) mass is 287 g/mol. The van der Waals surface area contributed by atoms with Gasteiger partial charge in [-0.2, -0.15) is 0 Å². The summed E-state index contributed by atoms with van der Waals surface area (Å²) >= 11 is 0. The van der Waals surface area contributed by atoms with Crippen molar-refractivity contribution < 1.29 is 30.7 Å². The fourth-order valence-electron chi connectivity index (χ4n) is 1.15. The molecule has 4 nitrogen and oxygen atoms in total. The van der Waals surface area contributed by atoms with Crippen molar-refractivity contribution in [2.75, 3.05) is 18.1 Å². The Kier molecular flexibility index (Phi) is 4.17. The smallest absolute Gasteiger partial charge is 0.398 e. The summed E-state index contributed by atoms with van der Waals surface area (Å²) < 4.78 is 74.4. The summed E-state index contributed by atoms with van der Waals surface area (Å²) in [5.41, 5.74) is 5.09. The first-order chi connectivity index (χ1) is 8.12. The number of nitrogen functional groups attached to an aromatic ring is 1. The second-order valence-corrected chi connectivity index (χ2v) is 5.37. The Hall–Kier alpha value is -1.35. The number of benzene rings is 1. The molecular weight excluding hydrogens is 278 g/mol. The normalized spacial score (nSPS) is 12.7. The third-order valence-corrected chi connectivity index (χ3v) is 3.66. The van der Waals surface area contributed by atoms with E-state index in [9.17, 15) is 26.0 Å². The molecule has 0 radical (unpaired) electrons. The lowest BCUT2D eigenvalue weighted by Gasteiger charge is -2.09. The van der Waals surface area contributed by atoms with E-state index in [0.717, 1.165) is 12.1 Å². The number of ether oxygens (including phenoxy) is 1. The van der Waals surface area contributed by atoms with E-state index >= 15 is 0 Å². The Balaban J connectivity index is 2.84. The van der Waals surface area contributed by atoms with Crippen LogP contribution < -0.4 is 5.73 Å². The quantitative estimate of drug-likeness (QED) is 0.676. The highest BCUT2D eigenvalue weighted by molar-refractivity contribution is 7.91. The molecule has 0 unspecified atom stereocenters. The molecule has 0 spiro atoms. The number of hydrogen-bond acceptors (Lipinski definition) is 4. The Bertz CT molecular complexity index is 527. The molecular formula is C9H9F4NO3S. The van der Waals surface area contributed by atoms with Gasteiger partial charge in [-0.15, -0.1) is 13.2 Å². The molecule has 0 amide bonds. The van der Waals surface area contributed by atoms with Gasteiger partial charge in [0.15, 0.2) is 9.84 Å². The molecule has 1 rings (SSSR count). The third kappa shape index (κ3) is 4.15. The van der Waals surface area contributed by atoms with E-state index in [4.69, 9.17) is 5.73 Å². The predicted octanol–water partition coefficient (Wildman–Crippen LogP) is 1.72. The molecule has 0 fully saturated rings. The topological polar surface area (TPSA) is 69.4 Å². The molecule has 18 heavy (non-hydrogen) atoms. The molecule has 0 atom stereocenters. The van der Waals surface area contributed by atoms with Crippen molar-refractivity contribution in [1.29, 1.82) is 0 Å². The molecule has 2 N–H and O–H groups in total. The molecule has 9 heteroatoms. The van der Waals surface area contributed by atoms with Gasteiger partial charge in [0.2, 0.25) is 0 Å². The standard InChI is InChI=1S/C9H9F4NO3S/c10-6-1-2-7(14)8(5-6)18(15,16)4-3-17-9(11,12)13/h1-2,5H,3-4,14H2. The second kappa shape index (κ2) is 5.11. The van der Waals surface area contributed by atoms with Crippen molar-refractivity contribution in [2.24, 2.45) is 0 Å². The average Bonchev–Trinajstić information content (AvgIpc) is 2.19. The molecule has 0 aromatic heterocycles. The molecule has 1 aromatic rings. The van der Waals surface area contributed by atoms with Gasteiger partial charge in [-0.3, -0.25) is 4.74 Å². The molecule has 102 valence electrons. The SMILES string of the molecule is Nc1ccc(F)cc1S(=O)(=O)CCOC(F)(F)F. The lowest BCUT2D eigenvalue weighted by atomic mass is 10.3. The van der Waals surface area contributed by atoms with Crippen LogP contribution >= 0.6 is 0 Å². The molecule has 0 aliphatic heterocycles. The Labute approximate surface area is 100 Å². The van der Waals surface area contributed by atoms with E-state index in [-0.39, 0.29) is 5.69 Å². The zero-order valence-electron chi connectivity index (χ0n) is 8.87. The first-order valence-electron chi connectivity index (χ1n) is 4.60. The fraction of sp³-hybridized carbons (Fsp3) is 0.333. The van der Waals surface area contributed by atoms with Crippen LogP contribution in [-0.2, 0) is 14.6 Å². The van der Waals surface area contributed by atoms with Crippen LogP contribution in [0.5, 0.6) is 0 Å². The summed E-state index contributed by atoms with van der Waals surface area (Å²) in [5.74, 6) is -1.79. The van der Waals surface area contributed by atoms with Gasteiger partial charge >= 0.3 is 6.36 Å². The Morgan fingerprint density at radius 2 is 1.89 bits per heavy atom. The van der Waals surface area contributed by atoms with Crippen LogP contribution in [-0.4, -0.2) is 27.1 Å². The maximum absolute atomic E-state index is 12.9. The third-order valence-electron chi connectivity index (χ3n) is 1.93. The average molecular weight is 287 g/mol. The van der Waals surface area contributed by atoms with E-state index < -0.39 is 39.3 Å². The molecule has 0 saturated carbocycles. The highest BCUT2D eigenvalue weighted by atomic mass is 32.2. The molecule has 0 bridgehead atoms. The summed E-state index contributed by atoms with van der Waals surface area (Å²) in [6.07, 6.45) is -4.91. The molecule has 0 heterocycles. The zero-order valence-corrected chi connectivity index (χ0v) is 9.68. The van der Waals surface area contributed by atoms with Crippen molar-refractivity contribution in [2.45, 2.75) is 11.3 Å². The van der Waals surface area contributed by atoms with Crippen molar-refractivity contribution in [3.8, 4) is 0 Å². The van der Waals surface area contributed by atoms with Crippen LogP contribution in [0, 0.1) is 5.82 Å². The maximum atomic E-state index is 12.9. The minimum atomic E-state index is -4.91. The number of halogens is 4. The first-order valence-corrected chi connectivity index (χ1v) is 6.25. The van der Waals surface area contributed by atoms with Gasteiger partial charge in [0.25, 0.3) is 0 Å². The summed E-state index contributed by atoms with van der Waals surface area (Å²) in [5, 5.41) is 0. The number of anilines is 1. The number of sulfone groups is 1. The molecule has 1 aromatic carbocycles. The first kappa shape index (κ1) is 14.7. The van der Waals surface area contributed by atoms with E-state index in [0.29, 0.717) is 6.07 Å². The molecule has 0 aliphatic rings. The van der Waals surface area contributed by atoms with E-state index in [2.05, 4.69) is 4.74 Å². The van der Waals surface area contributed by atoms with Gasteiger partial charge in [-0.1, -0.05) is 0 Å². The van der Waals surface area contributed by atoms with Gasteiger partial charge in [-0.25, -0.2) is 12.8 Å². The lowest BCUT2D eigenvalue weighted by Crippen LogP contribution is -2.20. The Morgan fingerprint density at radius 1 is 1.28 bits per heavy atom. The Morgan fingerprint density at radius 3 is 2.44 bits per heavy atom. The van der Waals surface area contributed by atoms with E-state index in [1.165, 1.54) is 0 Å². The predicted molar refractivity (Wildman–Crippen MR) is 54.9 cm³/mol. The van der Waals surface area contributed by atoms with Gasteiger partial charge in [0.1, 0.15) is 5.82 Å². The van der Waals surface area contributed by atoms with Gasteiger partial charge in [0, 0.05) is 0 Å². The van der Waals surface area contributed by atoms with Crippen LogP contribution in [0.1, 0.15) is 0 Å². The van der Waals surface area contributed by atoms with Crippen molar-refractivity contribution in [3.63, 3.8) is 0 Å². The second-order valence-electron chi connectivity index (χ2n) is 3.30. The van der Waals surface area contributed by atoms with Crippen LogP contribution in [0.25, 0.3) is 0 Å². The van der Waals surface area contributed by atoms with Gasteiger partial charge in [0.05, 0.1) is 22.9 Å². The number of rotatable bonds is 4. The van der Waals surface area contributed by atoms with Gasteiger partial charge < -0.3 is 5.73 Å². The largest absolute Gasteiger partial charge is 0.522 e. The summed E-state index contributed by atoms with van der Waals surface area (Å²) in [6, 6.07) is 2.62. The van der Waals surface area contributed by atoms with Crippen LogP contribution in [0.4, 0.5) is 23.2 Å². The number of hydrogen-bond donors (Lipinski definition) is 1. The highest BCUT2D eigenvalue weighted by Gasteiger charge is 2.30. The highest BCUT2D eigenvalue weighted by Crippen LogP contribution is 2.22. The van der Waals surface area contributed by atoms with Crippen molar-refractivity contribution in [1.82, 2.24) is 0 Å². The number of nitrogens with two attached hydrogens (primary N) is 1. The fourth-order valence-corrected chi connectivity index (χ4v) is 2.40.